The average Bonchev–Trinajstić information content (AvgIpc) is 3.11. The Morgan fingerprint density at radius 2 is 2.17 bits per heavy atom. The maximum absolute atomic E-state index is 14.2. The van der Waals surface area contributed by atoms with E-state index in [1.54, 1.807) is 12.1 Å². The lowest BCUT2D eigenvalue weighted by molar-refractivity contribution is 0.373. The largest absolute Gasteiger partial charge is 0.312 e. The highest BCUT2D eigenvalue weighted by molar-refractivity contribution is 7.89. The lowest BCUT2D eigenvalue weighted by atomic mass is 10.0. The molecule has 7 heteroatoms. The molecule has 122 valence electrons. The lowest BCUT2D eigenvalue weighted by Crippen LogP contribution is -2.42. The highest BCUT2D eigenvalue weighted by atomic mass is 32.2. The molecule has 1 N–H and O–H groups in total. The Hall–Kier alpha value is -1.57. The van der Waals surface area contributed by atoms with Gasteiger partial charge >= 0.3 is 0 Å². The molecule has 2 saturated heterocycles. The Balaban J connectivity index is 1.84. The van der Waals surface area contributed by atoms with Gasteiger partial charge in [-0.3, -0.25) is 4.98 Å². The number of nitrogens with zero attached hydrogens (tertiary/aromatic N) is 2. The van der Waals surface area contributed by atoms with E-state index in [4.69, 9.17) is 0 Å². The molecule has 2 aliphatic rings. The van der Waals surface area contributed by atoms with Gasteiger partial charge in [-0.25, -0.2) is 12.8 Å². The van der Waals surface area contributed by atoms with Crippen LogP contribution >= 0.6 is 0 Å². The Morgan fingerprint density at radius 3 is 2.96 bits per heavy atom. The van der Waals surface area contributed by atoms with Crippen LogP contribution < -0.4 is 5.32 Å². The fraction of sp³-hybridized carbons (Fsp3) is 0.438. The van der Waals surface area contributed by atoms with Crippen LogP contribution in [0.5, 0.6) is 0 Å². The molecule has 1 aromatic heterocycles. The average molecular weight is 335 g/mol. The molecule has 2 fully saturated rings. The molecule has 0 bridgehead atoms. The zero-order valence-corrected chi connectivity index (χ0v) is 13.6. The Kier molecular flexibility index (Phi) is 3.40. The molecule has 2 aliphatic heterocycles. The first-order valence-electron chi connectivity index (χ1n) is 7.77. The first kappa shape index (κ1) is 15.0. The normalized spacial score (nSPS) is 28.3. The summed E-state index contributed by atoms with van der Waals surface area (Å²) in [4.78, 5) is 3.83. The molecule has 5 nitrogen and oxygen atoms in total. The number of hydrogen-bond donors (Lipinski definition) is 1. The molecule has 23 heavy (non-hydrogen) atoms. The van der Waals surface area contributed by atoms with E-state index in [1.165, 1.54) is 16.6 Å². The number of sulfonamides is 1. The van der Waals surface area contributed by atoms with Gasteiger partial charge in [0.05, 0.1) is 11.1 Å². The predicted octanol–water partition coefficient (Wildman–Crippen LogP) is 1.74. The highest BCUT2D eigenvalue weighted by Gasteiger charge is 2.47. The van der Waals surface area contributed by atoms with E-state index in [1.807, 2.05) is 6.92 Å². The molecular weight excluding hydrogens is 317 g/mol. The van der Waals surface area contributed by atoms with E-state index in [0.29, 0.717) is 17.8 Å². The molecule has 1 aromatic carbocycles. The lowest BCUT2D eigenvalue weighted by Gasteiger charge is -2.24. The Labute approximate surface area is 134 Å². The zero-order chi connectivity index (χ0) is 16.2. The van der Waals surface area contributed by atoms with Crippen LogP contribution in [0.15, 0.2) is 35.5 Å². The number of fused-ring (bicyclic) bond motifs is 2. The van der Waals surface area contributed by atoms with Crippen LogP contribution in [-0.2, 0) is 10.0 Å². The number of rotatable bonds is 2. The van der Waals surface area contributed by atoms with E-state index < -0.39 is 15.8 Å². The molecule has 0 amide bonds. The molecule has 0 saturated carbocycles. The maximum atomic E-state index is 14.2. The van der Waals surface area contributed by atoms with Crippen molar-refractivity contribution >= 4 is 20.8 Å². The molecule has 0 radical (unpaired) electrons. The summed E-state index contributed by atoms with van der Waals surface area (Å²) in [6.45, 7) is 3.34. The van der Waals surface area contributed by atoms with Crippen molar-refractivity contribution in [1.82, 2.24) is 14.6 Å². The van der Waals surface area contributed by atoms with Crippen molar-refractivity contribution in [2.75, 3.05) is 13.1 Å². The summed E-state index contributed by atoms with van der Waals surface area (Å²) >= 11 is 0. The Morgan fingerprint density at radius 1 is 1.35 bits per heavy atom. The molecule has 0 spiro atoms. The summed E-state index contributed by atoms with van der Waals surface area (Å²) in [5.74, 6) is -0.270. The van der Waals surface area contributed by atoms with Crippen LogP contribution in [0.4, 0.5) is 4.39 Å². The van der Waals surface area contributed by atoms with Crippen molar-refractivity contribution < 1.29 is 12.8 Å². The van der Waals surface area contributed by atoms with Gasteiger partial charge in [-0.1, -0.05) is 12.1 Å². The molecular formula is C16H18FN3O2S. The first-order valence-corrected chi connectivity index (χ1v) is 9.21. The Bertz CT molecular complexity index is 866. The van der Waals surface area contributed by atoms with Gasteiger partial charge in [0.25, 0.3) is 0 Å². The van der Waals surface area contributed by atoms with Crippen molar-refractivity contribution in [3.05, 3.63) is 36.4 Å². The molecule has 3 heterocycles. The van der Waals surface area contributed by atoms with Gasteiger partial charge in [0.1, 0.15) is 0 Å². The molecule has 0 unspecified atom stereocenters. The van der Waals surface area contributed by atoms with E-state index in [2.05, 4.69) is 10.3 Å². The van der Waals surface area contributed by atoms with Gasteiger partial charge in [-0.05, 0) is 31.9 Å². The van der Waals surface area contributed by atoms with Crippen molar-refractivity contribution in [1.29, 1.82) is 0 Å². The molecule has 4 rings (SSSR count). The topological polar surface area (TPSA) is 62.3 Å². The minimum atomic E-state index is -3.75. The number of hydrogen-bond acceptors (Lipinski definition) is 4. The van der Waals surface area contributed by atoms with Crippen LogP contribution in [0, 0.1) is 11.7 Å². The molecule has 2 aromatic rings. The van der Waals surface area contributed by atoms with Gasteiger partial charge in [0, 0.05) is 35.6 Å². The summed E-state index contributed by atoms with van der Waals surface area (Å²) in [5, 5.41) is 4.00. The summed E-state index contributed by atoms with van der Waals surface area (Å²) < 4.78 is 42.1. The SMILES string of the molecule is C[C@@H]1[C@H]2NCC[C@H]2CN1S(=O)(=O)c1cccc2cncc(F)c12. The van der Waals surface area contributed by atoms with Crippen LogP contribution in [0.25, 0.3) is 10.8 Å². The second-order valence-electron chi connectivity index (χ2n) is 6.32. The quantitative estimate of drug-likeness (QED) is 0.908. The van der Waals surface area contributed by atoms with E-state index in [0.717, 1.165) is 19.2 Å². The highest BCUT2D eigenvalue weighted by Crippen LogP contribution is 2.36. The second-order valence-corrected chi connectivity index (χ2v) is 8.18. The third kappa shape index (κ3) is 2.18. The maximum Gasteiger partial charge on any atom is 0.244 e. The van der Waals surface area contributed by atoms with Crippen molar-refractivity contribution in [2.24, 2.45) is 5.92 Å². The van der Waals surface area contributed by atoms with Gasteiger partial charge < -0.3 is 5.32 Å². The summed E-state index contributed by atoms with van der Waals surface area (Å²) in [6.07, 6.45) is 3.53. The second kappa shape index (κ2) is 5.22. The van der Waals surface area contributed by atoms with Gasteiger partial charge in [-0.15, -0.1) is 0 Å². The predicted molar refractivity (Wildman–Crippen MR) is 85.0 cm³/mol. The van der Waals surface area contributed by atoms with Crippen LogP contribution in [-0.4, -0.2) is 42.9 Å². The third-order valence-electron chi connectivity index (χ3n) is 5.08. The minimum absolute atomic E-state index is 0.0294. The van der Waals surface area contributed by atoms with E-state index >= 15 is 0 Å². The van der Waals surface area contributed by atoms with Gasteiger partial charge in [-0.2, -0.15) is 4.31 Å². The number of benzene rings is 1. The van der Waals surface area contributed by atoms with Crippen LogP contribution in [0.3, 0.4) is 0 Å². The summed E-state index contributed by atoms with van der Waals surface area (Å²) in [6, 6.07) is 4.85. The smallest absolute Gasteiger partial charge is 0.244 e. The number of aromatic nitrogens is 1. The summed E-state index contributed by atoms with van der Waals surface area (Å²) in [5.41, 5.74) is 0. The van der Waals surface area contributed by atoms with Gasteiger partial charge in [0.2, 0.25) is 10.0 Å². The molecule has 3 atom stereocenters. The standard InChI is InChI=1S/C16H18FN3O2S/c1-10-16-12(5-6-19-16)9-20(10)23(21,22)14-4-2-3-11-7-18-8-13(17)15(11)14/h2-4,7-8,10,12,16,19H,5-6,9H2,1H3/t10-,12+,16-/m1/s1. The van der Waals surface area contributed by atoms with Crippen LogP contribution in [0.2, 0.25) is 0 Å². The van der Waals surface area contributed by atoms with Crippen molar-refractivity contribution in [3.63, 3.8) is 0 Å². The third-order valence-corrected chi connectivity index (χ3v) is 7.07. The van der Waals surface area contributed by atoms with Gasteiger partial charge in [0.15, 0.2) is 5.82 Å². The number of halogens is 1. The fourth-order valence-electron chi connectivity index (χ4n) is 3.94. The van der Waals surface area contributed by atoms with Crippen molar-refractivity contribution in [2.45, 2.75) is 30.3 Å². The number of nitrogens with one attached hydrogen (secondary N) is 1. The molecule has 0 aliphatic carbocycles. The monoisotopic (exact) mass is 335 g/mol. The number of pyridine rings is 1. The van der Waals surface area contributed by atoms with Crippen LogP contribution in [0.1, 0.15) is 13.3 Å². The fourth-order valence-corrected chi connectivity index (χ4v) is 5.88. The van der Waals surface area contributed by atoms with E-state index in [-0.39, 0.29) is 22.4 Å². The zero-order valence-electron chi connectivity index (χ0n) is 12.7. The summed E-state index contributed by atoms with van der Waals surface area (Å²) in [7, 11) is -3.75. The van der Waals surface area contributed by atoms with Crippen molar-refractivity contribution in [3.8, 4) is 0 Å². The minimum Gasteiger partial charge on any atom is -0.312 e. The first-order chi connectivity index (χ1) is 11.0. The van der Waals surface area contributed by atoms with E-state index in [9.17, 15) is 12.8 Å².